The summed E-state index contributed by atoms with van der Waals surface area (Å²) in [5.41, 5.74) is 1.62. The summed E-state index contributed by atoms with van der Waals surface area (Å²) in [4.78, 5) is 14.4. The molecule has 4 nitrogen and oxygen atoms in total. The molecule has 2 aromatic rings. The van der Waals surface area contributed by atoms with Crippen LogP contribution >= 0.6 is 12.2 Å². The molecule has 0 unspecified atom stereocenters. The van der Waals surface area contributed by atoms with E-state index in [-0.39, 0.29) is 17.7 Å². The molecule has 0 bridgehead atoms. The van der Waals surface area contributed by atoms with Crippen molar-refractivity contribution in [2.75, 3.05) is 11.5 Å². The summed E-state index contributed by atoms with van der Waals surface area (Å²) >= 11 is 5.47. The molecule has 0 aromatic heterocycles. The summed E-state index contributed by atoms with van der Waals surface area (Å²) in [7, 11) is 0. The Bertz CT molecular complexity index is 915. The Hall–Kier alpha value is -2.80. The highest BCUT2D eigenvalue weighted by atomic mass is 32.1. The van der Waals surface area contributed by atoms with E-state index in [4.69, 9.17) is 17.0 Å². The molecule has 2 aromatic carbocycles. The predicted molar refractivity (Wildman–Crippen MR) is 103 cm³/mol. The third kappa shape index (κ3) is 3.68. The van der Waals surface area contributed by atoms with Gasteiger partial charge in [0.1, 0.15) is 11.6 Å². The van der Waals surface area contributed by atoms with Crippen molar-refractivity contribution in [3.05, 3.63) is 77.0 Å². The van der Waals surface area contributed by atoms with Crippen molar-refractivity contribution in [3.8, 4) is 0 Å². The van der Waals surface area contributed by atoms with Gasteiger partial charge in [-0.1, -0.05) is 24.3 Å². The van der Waals surface area contributed by atoms with Crippen LogP contribution in [0.2, 0.25) is 0 Å². The lowest BCUT2D eigenvalue weighted by molar-refractivity contribution is -0.139. The fourth-order valence-electron chi connectivity index (χ4n) is 3.07. The SMILES string of the molecule is CCOC(=O)C1=C(C)N(c2ccccc2)C(=S)N[C@@H]1c1ccc(F)cc1F. The second-order valence-electron chi connectivity index (χ2n) is 5.94. The fraction of sp³-hybridized carbons (Fsp3) is 0.200. The molecule has 27 heavy (non-hydrogen) atoms. The van der Waals surface area contributed by atoms with Gasteiger partial charge in [-0.05, 0) is 44.3 Å². The van der Waals surface area contributed by atoms with Crippen LogP contribution in [-0.4, -0.2) is 17.7 Å². The number of anilines is 1. The summed E-state index contributed by atoms with van der Waals surface area (Å²) in [5, 5.41) is 3.30. The molecule has 0 saturated carbocycles. The highest BCUT2D eigenvalue weighted by molar-refractivity contribution is 7.80. The molecule has 3 rings (SSSR count). The molecule has 7 heteroatoms. The van der Waals surface area contributed by atoms with Crippen LogP contribution in [0.25, 0.3) is 0 Å². The Kier molecular flexibility index (Phi) is 5.51. The van der Waals surface area contributed by atoms with Crippen molar-refractivity contribution >= 4 is 29.0 Å². The van der Waals surface area contributed by atoms with E-state index < -0.39 is 23.6 Å². The molecule has 0 radical (unpaired) electrons. The zero-order valence-electron chi connectivity index (χ0n) is 14.8. The highest BCUT2D eigenvalue weighted by Crippen LogP contribution is 2.35. The van der Waals surface area contributed by atoms with E-state index in [1.54, 1.807) is 18.7 Å². The summed E-state index contributed by atoms with van der Waals surface area (Å²) in [6, 6.07) is 11.6. The minimum atomic E-state index is -0.878. The third-order valence-corrected chi connectivity index (χ3v) is 4.57. The Morgan fingerprint density at radius 2 is 1.93 bits per heavy atom. The van der Waals surface area contributed by atoms with Crippen LogP contribution in [0.3, 0.4) is 0 Å². The summed E-state index contributed by atoms with van der Waals surface area (Å²) in [6.45, 7) is 3.59. The quantitative estimate of drug-likeness (QED) is 0.627. The molecular weight excluding hydrogens is 370 g/mol. The van der Waals surface area contributed by atoms with Crippen molar-refractivity contribution in [3.63, 3.8) is 0 Å². The van der Waals surface area contributed by atoms with Crippen molar-refractivity contribution < 1.29 is 18.3 Å². The molecule has 0 saturated heterocycles. The number of rotatable bonds is 4. The van der Waals surface area contributed by atoms with Crippen molar-refractivity contribution in [2.45, 2.75) is 19.9 Å². The van der Waals surface area contributed by atoms with Crippen LogP contribution in [0.1, 0.15) is 25.5 Å². The number of nitrogens with one attached hydrogen (secondary N) is 1. The lowest BCUT2D eigenvalue weighted by Crippen LogP contribution is -2.48. The number of ether oxygens (including phenoxy) is 1. The Morgan fingerprint density at radius 1 is 1.22 bits per heavy atom. The Labute approximate surface area is 161 Å². The molecule has 0 amide bonds. The minimum absolute atomic E-state index is 0.119. The van der Waals surface area contributed by atoms with Crippen LogP contribution in [0.4, 0.5) is 14.5 Å². The van der Waals surface area contributed by atoms with Gasteiger partial charge in [0.2, 0.25) is 0 Å². The zero-order chi connectivity index (χ0) is 19.6. The number of hydrogen-bond donors (Lipinski definition) is 1. The van der Waals surface area contributed by atoms with Gasteiger partial charge in [-0.25, -0.2) is 13.6 Å². The molecule has 1 aliphatic rings. The van der Waals surface area contributed by atoms with Crippen molar-refractivity contribution in [1.29, 1.82) is 0 Å². The van der Waals surface area contributed by atoms with Crippen molar-refractivity contribution in [1.82, 2.24) is 5.32 Å². The minimum Gasteiger partial charge on any atom is -0.463 e. The summed E-state index contributed by atoms with van der Waals surface area (Å²) < 4.78 is 32.9. The molecule has 140 valence electrons. The lowest BCUT2D eigenvalue weighted by Gasteiger charge is -2.37. The monoisotopic (exact) mass is 388 g/mol. The van der Waals surface area contributed by atoms with Crippen LogP contribution in [0, 0.1) is 11.6 Å². The third-order valence-electron chi connectivity index (χ3n) is 4.27. The summed E-state index contributed by atoms with van der Waals surface area (Å²) in [5.74, 6) is -2.04. The van der Waals surface area contributed by atoms with Gasteiger partial charge >= 0.3 is 5.97 Å². The number of benzene rings is 2. The Balaban J connectivity index is 2.16. The first-order valence-corrected chi connectivity index (χ1v) is 8.83. The fourth-order valence-corrected chi connectivity index (χ4v) is 3.43. The number of thiocarbonyl (C=S) groups is 1. The number of carbonyl (C=O) groups excluding carboxylic acids is 1. The standard InChI is InChI=1S/C20H18F2N2O2S/c1-3-26-19(25)17-12(2)24(14-7-5-4-6-8-14)20(27)23-18(17)15-10-9-13(21)11-16(15)22/h4-11,18H,3H2,1-2H3,(H,23,27)/t18-/m1/s1. The van der Waals surface area contributed by atoms with E-state index in [9.17, 15) is 13.6 Å². The van der Waals surface area contributed by atoms with E-state index in [0.29, 0.717) is 10.8 Å². The molecular formula is C20H18F2N2O2S. The van der Waals surface area contributed by atoms with Gasteiger partial charge < -0.3 is 10.1 Å². The van der Waals surface area contributed by atoms with Crippen LogP contribution in [-0.2, 0) is 9.53 Å². The van der Waals surface area contributed by atoms with E-state index in [1.165, 1.54) is 6.07 Å². The van der Waals surface area contributed by atoms with E-state index in [1.807, 2.05) is 30.3 Å². The maximum atomic E-state index is 14.4. The number of nitrogens with zero attached hydrogens (tertiary/aromatic N) is 1. The van der Waals surface area contributed by atoms with Gasteiger partial charge in [0.25, 0.3) is 0 Å². The second-order valence-corrected chi connectivity index (χ2v) is 6.33. The molecule has 0 spiro atoms. The summed E-state index contributed by atoms with van der Waals surface area (Å²) in [6.07, 6.45) is 0. The van der Waals surface area contributed by atoms with Gasteiger partial charge in [0.05, 0.1) is 18.2 Å². The van der Waals surface area contributed by atoms with Gasteiger partial charge in [0.15, 0.2) is 5.11 Å². The topological polar surface area (TPSA) is 41.6 Å². The predicted octanol–water partition coefficient (Wildman–Crippen LogP) is 4.24. The van der Waals surface area contributed by atoms with E-state index in [2.05, 4.69) is 5.32 Å². The van der Waals surface area contributed by atoms with Crippen molar-refractivity contribution in [2.24, 2.45) is 0 Å². The maximum Gasteiger partial charge on any atom is 0.338 e. The van der Waals surface area contributed by atoms with Gasteiger partial charge in [-0.15, -0.1) is 0 Å². The second kappa shape index (κ2) is 7.84. The highest BCUT2D eigenvalue weighted by Gasteiger charge is 2.36. The molecule has 1 heterocycles. The first kappa shape index (κ1) is 19.0. The van der Waals surface area contributed by atoms with E-state index in [0.717, 1.165) is 17.8 Å². The maximum absolute atomic E-state index is 14.4. The van der Waals surface area contributed by atoms with Crippen LogP contribution < -0.4 is 10.2 Å². The average molecular weight is 388 g/mol. The number of hydrogen-bond acceptors (Lipinski definition) is 3. The van der Waals surface area contributed by atoms with Gasteiger partial charge in [0, 0.05) is 23.0 Å². The molecule has 0 fully saturated rings. The number of para-hydroxylation sites is 1. The molecule has 1 aliphatic heterocycles. The number of esters is 1. The van der Waals surface area contributed by atoms with E-state index >= 15 is 0 Å². The molecule has 1 N–H and O–H groups in total. The lowest BCUT2D eigenvalue weighted by atomic mass is 9.94. The number of allylic oxidation sites excluding steroid dienone is 1. The molecule has 0 aliphatic carbocycles. The van der Waals surface area contributed by atoms with Crippen LogP contribution in [0.15, 0.2) is 59.8 Å². The van der Waals surface area contributed by atoms with Crippen LogP contribution in [0.5, 0.6) is 0 Å². The number of halogens is 2. The first-order valence-electron chi connectivity index (χ1n) is 8.42. The van der Waals surface area contributed by atoms with Gasteiger partial charge in [-0.3, -0.25) is 4.90 Å². The largest absolute Gasteiger partial charge is 0.463 e. The first-order chi connectivity index (χ1) is 12.9. The average Bonchev–Trinajstić information content (AvgIpc) is 2.62. The molecule has 1 atom stereocenters. The zero-order valence-corrected chi connectivity index (χ0v) is 15.6. The normalized spacial score (nSPS) is 17.0. The van der Waals surface area contributed by atoms with Gasteiger partial charge in [-0.2, -0.15) is 0 Å². The Morgan fingerprint density at radius 3 is 2.56 bits per heavy atom. The smallest absolute Gasteiger partial charge is 0.338 e. The number of carbonyl (C=O) groups is 1.